The zero-order valence-electron chi connectivity index (χ0n) is 13.4. The van der Waals surface area contributed by atoms with Gasteiger partial charge in [-0.15, -0.1) is 11.3 Å². The number of hydrogen-bond donors (Lipinski definition) is 2. The molecule has 0 saturated carbocycles. The normalized spacial score (nSPS) is 18.8. The predicted octanol–water partition coefficient (Wildman–Crippen LogP) is 4.05. The molecule has 1 aromatic heterocycles. The van der Waals surface area contributed by atoms with Crippen molar-refractivity contribution in [2.24, 2.45) is 0 Å². The lowest BCUT2D eigenvalue weighted by atomic mass is 9.94. The summed E-state index contributed by atoms with van der Waals surface area (Å²) in [6.07, 6.45) is 6.05. The minimum Gasteiger partial charge on any atom is -0.490 e. The highest BCUT2D eigenvalue weighted by molar-refractivity contribution is 7.16. The van der Waals surface area contributed by atoms with Crippen molar-refractivity contribution in [3.63, 3.8) is 0 Å². The van der Waals surface area contributed by atoms with Crippen LogP contribution in [0.4, 0.5) is 5.00 Å². The molecular weight excluding hydrogens is 320 g/mol. The second-order valence-corrected chi connectivity index (χ2v) is 7.24. The monoisotopic (exact) mass is 340 g/mol. The van der Waals surface area contributed by atoms with Crippen molar-refractivity contribution >= 4 is 22.2 Å². The number of thiophene rings is 1. The molecule has 0 unspecified atom stereocenters. The summed E-state index contributed by atoms with van der Waals surface area (Å²) < 4.78 is 5.51. The molecule has 2 aliphatic rings. The molecular formula is C19H20N2O2S. The van der Waals surface area contributed by atoms with E-state index in [2.05, 4.69) is 17.2 Å². The molecule has 24 heavy (non-hydrogen) atoms. The molecule has 0 fully saturated rings. The van der Waals surface area contributed by atoms with Gasteiger partial charge in [0, 0.05) is 4.88 Å². The van der Waals surface area contributed by atoms with Gasteiger partial charge < -0.3 is 15.4 Å². The topological polar surface area (TPSA) is 50.4 Å². The number of fused-ring (bicyclic) bond motifs is 3. The fraction of sp³-hybridized carbons (Fsp3) is 0.316. The van der Waals surface area contributed by atoms with Gasteiger partial charge in [0.05, 0.1) is 5.56 Å². The summed E-state index contributed by atoms with van der Waals surface area (Å²) in [7, 11) is 0. The number of nitrogens with one attached hydrogen (secondary N) is 2. The van der Waals surface area contributed by atoms with E-state index in [0.29, 0.717) is 6.61 Å². The Morgan fingerprint density at radius 2 is 2.00 bits per heavy atom. The Kier molecular flexibility index (Phi) is 4.02. The van der Waals surface area contributed by atoms with Crippen molar-refractivity contribution in [2.75, 3.05) is 11.9 Å². The second-order valence-electron chi connectivity index (χ2n) is 6.13. The van der Waals surface area contributed by atoms with Crippen LogP contribution in [0.5, 0.6) is 5.75 Å². The smallest absolute Gasteiger partial charge is 0.256 e. The van der Waals surface area contributed by atoms with E-state index < -0.39 is 0 Å². The van der Waals surface area contributed by atoms with Gasteiger partial charge in [0.15, 0.2) is 0 Å². The lowest BCUT2D eigenvalue weighted by Crippen LogP contribution is -2.38. The van der Waals surface area contributed by atoms with Crippen LogP contribution in [-0.4, -0.2) is 12.5 Å². The van der Waals surface area contributed by atoms with Crippen LogP contribution in [0.15, 0.2) is 36.9 Å². The predicted molar refractivity (Wildman–Crippen MR) is 96.9 cm³/mol. The third kappa shape index (κ3) is 2.69. The molecule has 2 heterocycles. The van der Waals surface area contributed by atoms with Crippen molar-refractivity contribution in [3.05, 3.63) is 58.5 Å². The Morgan fingerprint density at radius 3 is 2.79 bits per heavy atom. The first kappa shape index (κ1) is 15.3. The number of benzene rings is 1. The number of anilines is 1. The average molecular weight is 340 g/mol. The van der Waals surface area contributed by atoms with Gasteiger partial charge in [0.1, 0.15) is 23.5 Å². The molecule has 5 heteroatoms. The highest BCUT2D eigenvalue weighted by Gasteiger charge is 2.31. The van der Waals surface area contributed by atoms with Crippen molar-refractivity contribution in [3.8, 4) is 5.75 Å². The summed E-state index contributed by atoms with van der Waals surface area (Å²) in [5.74, 6) is 0.841. The number of hydrogen-bond acceptors (Lipinski definition) is 4. The van der Waals surface area contributed by atoms with Gasteiger partial charge in [-0.1, -0.05) is 24.8 Å². The molecule has 0 spiro atoms. The molecule has 4 nitrogen and oxygen atoms in total. The third-order valence-corrected chi connectivity index (χ3v) is 5.75. The summed E-state index contributed by atoms with van der Waals surface area (Å²) in [6.45, 7) is 4.13. The van der Waals surface area contributed by atoms with Crippen LogP contribution in [0.3, 0.4) is 0 Å². The Balaban J connectivity index is 1.57. The number of carbonyl (C=O) groups excluding carboxylic acids is 1. The van der Waals surface area contributed by atoms with Crippen molar-refractivity contribution in [1.29, 1.82) is 0 Å². The Morgan fingerprint density at radius 1 is 1.21 bits per heavy atom. The van der Waals surface area contributed by atoms with E-state index in [-0.39, 0.29) is 12.1 Å². The van der Waals surface area contributed by atoms with Crippen LogP contribution in [0.1, 0.15) is 45.4 Å². The average Bonchev–Trinajstić information content (AvgIpc) is 2.99. The molecule has 2 N–H and O–H groups in total. The highest BCUT2D eigenvalue weighted by Crippen LogP contribution is 2.41. The zero-order valence-corrected chi connectivity index (χ0v) is 14.2. The number of rotatable bonds is 4. The first-order valence-corrected chi connectivity index (χ1v) is 9.13. The number of carbonyl (C=O) groups is 1. The van der Waals surface area contributed by atoms with Gasteiger partial charge in [0.2, 0.25) is 0 Å². The molecule has 1 aromatic carbocycles. The van der Waals surface area contributed by atoms with E-state index >= 15 is 0 Å². The van der Waals surface area contributed by atoms with E-state index in [0.717, 1.165) is 34.7 Å². The van der Waals surface area contributed by atoms with Crippen molar-refractivity contribution in [2.45, 2.75) is 31.8 Å². The first-order valence-electron chi connectivity index (χ1n) is 8.32. The van der Waals surface area contributed by atoms with E-state index in [1.807, 2.05) is 24.3 Å². The summed E-state index contributed by atoms with van der Waals surface area (Å²) in [5.41, 5.74) is 3.15. The minimum atomic E-state index is -0.196. The van der Waals surface area contributed by atoms with E-state index in [1.54, 1.807) is 17.4 Å². The fourth-order valence-electron chi connectivity index (χ4n) is 3.36. The summed E-state index contributed by atoms with van der Waals surface area (Å²) in [4.78, 5) is 14.0. The minimum absolute atomic E-state index is 0.0418. The molecule has 0 bridgehead atoms. The van der Waals surface area contributed by atoms with E-state index in [9.17, 15) is 4.79 Å². The summed E-state index contributed by atoms with van der Waals surface area (Å²) in [6, 6.07) is 7.80. The van der Waals surface area contributed by atoms with Gasteiger partial charge in [-0.3, -0.25) is 4.79 Å². The summed E-state index contributed by atoms with van der Waals surface area (Å²) >= 11 is 1.75. The fourth-order valence-corrected chi connectivity index (χ4v) is 4.67. The molecule has 0 radical (unpaired) electrons. The van der Waals surface area contributed by atoms with Crippen LogP contribution in [0.25, 0.3) is 0 Å². The maximum Gasteiger partial charge on any atom is 0.256 e. The Bertz CT molecular complexity index is 779. The van der Waals surface area contributed by atoms with Crippen LogP contribution < -0.4 is 15.4 Å². The molecule has 1 amide bonds. The van der Waals surface area contributed by atoms with Crippen molar-refractivity contribution < 1.29 is 9.53 Å². The van der Waals surface area contributed by atoms with Gasteiger partial charge in [0.25, 0.3) is 5.91 Å². The van der Waals surface area contributed by atoms with Crippen molar-refractivity contribution in [1.82, 2.24) is 5.32 Å². The largest absolute Gasteiger partial charge is 0.490 e. The molecule has 4 rings (SSSR count). The Hall–Kier alpha value is -2.27. The van der Waals surface area contributed by atoms with Gasteiger partial charge >= 0.3 is 0 Å². The Labute approximate surface area is 145 Å². The first-order chi connectivity index (χ1) is 11.8. The molecule has 1 aliphatic carbocycles. The van der Waals surface area contributed by atoms with Gasteiger partial charge in [-0.25, -0.2) is 0 Å². The van der Waals surface area contributed by atoms with Crippen LogP contribution >= 0.6 is 11.3 Å². The maximum atomic E-state index is 12.6. The number of aryl methyl sites for hydroxylation is 1. The van der Waals surface area contributed by atoms with Crippen LogP contribution in [-0.2, 0) is 12.8 Å². The van der Waals surface area contributed by atoms with E-state index in [1.165, 1.54) is 23.3 Å². The quantitative estimate of drug-likeness (QED) is 0.826. The molecule has 1 atom stereocenters. The number of ether oxygens (including phenoxy) is 1. The standard InChI is InChI=1S/C19H20N2O2S/c1-2-11-23-13-9-7-12(8-10-13)17-20-18(22)16-14-5-3-4-6-15(14)24-19(16)21-17/h2,7-10,17,21H,1,3-6,11H2,(H,20,22)/t17-/m1/s1. The highest BCUT2D eigenvalue weighted by atomic mass is 32.1. The molecule has 124 valence electrons. The van der Waals surface area contributed by atoms with Gasteiger partial charge in [-0.2, -0.15) is 0 Å². The molecule has 2 aromatic rings. The second kappa shape index (κ2) is 6.32. The zero-order chi connectivity index (χ0) is 16.5. The molecule has 0 saturated heterocycles. The lowest BCUT2D eigenvalue weighted by Gasteiger charge is -2.27. The van der Waals surface area contributed by atoms with E-state index in [4.69, 9.17) is 4.74 Å². The molecule has 1 aliphatic heterocycles. The van der Waals surface area contributed by atoms with Crippen LogP contribution in [0.2, 0.25) is 0 Å². The SMILES string of the molecule is C=CCOc1ccc([C@@H]2NC(=O)c3c(sc4c3CCCC4)N2)cc1. The van der Waals surface area contributed by atoms with Crippen LogP contribution in [0, 0.1) is 0 Å². The number of amides is 1. The summed E-state index contributed by atoms with van der Waals surface area (Å²) in [5, 5.41) is 7.60. The maximum absolute atomic E-state index is 12.6. The lowest BCUT2D eigenvalue weighted by molar-refractivity contribution is 0.0935. The van der Waals surface area contributed by atoms with Gasteiger partial charge in [-0.05, 0) is 48.9 Å². The third-order valence-electron chi connectivity index (χ3n) is 4.53.